The molecule has 0 amide bonds. The lowest BCUT2D eigenvalue weighted by Gasteiger charge is -2.31. The van der Waals surface area contributed by atoms with E-state index in [0.717, 1.165) is 18.6 Å². The Morgan fingerprint density at radius 3 is 2.68 bits per heavy atom. The highest BCUT2D eigenvalue weighted by atomic mass is 19.4. The second kappa shape index (κ2) is 5.46. The van der Waals surface area contributed by atoms with Crippen LogP contribution in [-0.4, -0.2) is 18.3 Å². The van der Waals surface area contributed by atoms with Crippen LogP contribution in [0.2, 0.25) is 0 Å². The van der Waals surface area contributed by atoms with Crippen molar-refractivity contribution < 1.29 is 27.4 Å². The summed E-state index contributed by atoms with van der Waals surface area (Å²) in [4.78, 5) is 0. The lowest BCUT2D eigenvalue weighted by atomic mass is 9.89. The van der Waals surface area contributed by atoms with Gasteiger partial charge in [-0.15, -0.1) is 0 Å². The molecule has 0 saturated carbocycles. The molecule has 1 aromatic rings. The van der Waals surface area contributed by atoms with Crippen LogP contribution in [0, 0.1) is 11.7 Å². The van der Waals surface area contributed by atoms with Crippen molar-refractivity contribution in [3.05, 3.63) is 35.1 Å². The first-order chi connectivity index (χ1) is 8.93. The normalized spacial score (nSPS) is 24.5. The lowest BCUT2D eigenvalue weighted by Crippen LogP contribution is -2.25. The van der Waals surface area contributed by atoms with Gasteiger partial charge in [0.1, 0.15) is 5.82 Å². The highest BCUT2D eigenvalue weighted by molar-refractivity contribution is 5.29. The number of hydrogen-bond acceptors (Lipinski definition) is 2. The van der Waals surface area contributed by atoms with Crippen molar-refractivity contribution in [3.8, 4) is 0 Å². The zero-order valence-electron chi connectivity index (χ0n) is 10.1. The number of aliphatic hydroxyl groups excluding tert-OH is 1. The maximum atomic E-state index is 13.2. The second-order valence-corrected chi connectivity index (χ2v) is 4.61. The molecular weight excluding hydrogens is 264 g/mol. The molecule has 6 heteroatoms. The van der Waals surface area contributed by atoms with E-state index in [1.165, 1.54) is 6.07 Å². The highest BCUT2D eigenvalue weighted by Gasteiger charge is 2.36. The first kappa shape index (κ1) is 14.3. The first-order valence-electron chi connectivity index (χ1n) is 6.02. The molecule has 2 atom stereocenters. The second-order valence-electron chi connectivity index (χ2n) is 4.61. The number of aliphatic hydroxyl groups is 1. The van der Waals surface area contributed by atoms with E-state index in [-0.39, 0.29) is 18.1 Å². The van der Waals surface area contributed by atoms with Gasteiger partial charge in [-0.1, -0.05) is 6.07 Å². The summed E-state index contributed by atoms with van der Waals surface area (Å²) in [5.41, 5.74) is -1.04. The van der Waals surface area contributed by atoms with Crippen molar-refractivity contribution in [1.82, 2.24) is 0 Å². The van der Waals surface area contributed by atoms with E-state index in [1.54, 1.807) is 0 Å². The fourth-order valence-corrected chi connectivity index (χ4v) is 2.34. The Hall–Kier alpha value is -1.14. The van der Waals surface area contributed by atoms with Crippen molar-refractivity contribution in [2.24, 2.45) is 5.92 Å². The van der Waals surface area contributed by atoms with E-state index in [0.29, 0.717) is 13.0 Å². The third kappa shape index (κ3) is 3.06. The number of rotatable bonds is 2. The van der Waals surface area contributed by atoms with Gasteiger partial charge in [-0.25, -0.2) is 4.39 Å². The predicted molar refractivity (Wildman–Crippen MR) is 59.9 cm³/mol. The van der Waals surface area contributed by atoms with Crippen LogP contribution in [0.5, 0.6) is 0 Å². The molecule has 2 nitrogen and oxygen atoms in total. The van der Waals surface area contributed by atoms with Crippen molar-refractivity contribution in [3.63, 3.8) is 0 Å². The Morgan fingerprint density at radius 2 is 2.05 bits per heavy atom. The Balaban J connectivity index is 2.34. The summed E-state index contributed by atoms with van der Waals surface area (Å²) in [6, 6.07) is 2.85. The van der Waals surface area contributed by atoms with Crippen LogP contribution in [0.4, 0.5) is 17.6 Å². The van der Waals surface area contributed by atoms with Gasteiger partial charge in [-0.05, 0) is 30.5 Å². The lowest BCUT2D eigenvalue weighted by molar-refractivity contribution is -0.140. The number of ether oxygens (including phenoxy) is 1. The fourth-order valence-electron chi connectivity index (χ4n) is 2.34. The van der Waals surface area contributed by atoms with E-state index >= 15 is 0 Å². The molecule has 1 N–H and O–H groups in total. The summed E-state index contributed by atoms with van der Waals surface area (Å²) in [5, 5.41) is 9.23. The maximum Gasteiger partial charge on any atom is 0.419 e. The molecule has 0 unspecified atom stereocenters. The van der Waals surface area contributed by atoms with Crippen LogP contribution in [0.25, 0.3) is 0 Å². The Morgan fingerprint density at radius 1 is 1.32 bits per heavy atom. The number of benzene rings is 1. The molecule has 1 aliphatic rings. The average molecular weight is 278 g/mol. The minimum absolute atomic E-state index is 0.163. The Labute approximate surface area is 108 Å². The van der Waals surface area contributed by atoms with E-state index in [2.05, 4.69) is 0 Å². The zero-order chi connectivity index (χ0) is 14.0. The van der Waals surface area contributed by atoms with Gasteiger partial charge < -0.3 is 9.84 Å². The minimum Gasteiger partial charge on any atom is -0.396 e. The summed E-state index contributed by atoms with van der Waals surface area (Å²) >= 11 is 0. The van der Waals surface area contributed by atoms with Gasteiger partial charge in [-0.3, -0.25) is 0 Å². The van der Waals surface area contributed by atoms with Crippen LogP contribution in [0.15, 0.2) is 18.2 Å². The molecule has 0 aromatic heterocycles. The van der Waals surface area contributed by atoms with E-state index in [4.69, 9.17) is 4.74 Å². The SMILES string of the molecule is OC[C@H]1CCCO[C@@H]1c1ccc(F)c(C(F)(F)F)c1. The van der Waals surface area contributed by atoms with E-state index in [9.17, 15) is 22.7 Å². The molecule has 1 heterocycles. The molecule has 1 fully saturated rings. The van der Waals surface area contributed by atoms with Crippen LogP contribution in [0.3, 0.4) is 0 Å². The smallest absolute Gasteiger partial charge is 0.396 e. The molecule has 0 radical (unpaired) electrons. The molecule has 1 saturated heterocycles. The molecule has 0 aliphatic carbocycles. The van der Waals surface area contributed by atoms with E-state index in [1.807, 2.05) is 0 Å². The molecule has 1 aromatic carbocycles. The summed E-state index contributed by atoms with van der Waals surface area (Å²) in [7, 11) is 0. The van der Waals surface area contributed by atoms with E-state index < -0.39 is 23.7 Å². The topological polar surface area (TPSA) is 29.5 Å². The van der Waals surface area contributed by atoms with Gasteiger partial charge >= 0.3 is 6.18 Å². The minimum atomic E-state index is -4.73. The standard InChI is InChI=1S/C13H14F4O2/c14-11-4-3-8(6-10(11)13(15,16)17)12-9(7-18)2-1-5-19-12/h3-4,6,9,12,18H,1-2,5,7H2/t9-,12-/m1/s1. The number of alkyl halides is 3. The Bertz CT molecular complexity index is 445. The van der Waals surface area contributed by atoms with Crippen LogP contribution < -0.4 is 0 Å². The summed E-state index contributed by atoms with van der Waals surface area (Å²) in [5.74, 6) is -1.55. The third-order valence-electron chi connectivity index (χ3n) is 3.30. The third-order valence-corrected chi connectivity index (χ3v) is 3.30. The predicted octanol–water partition coefficient (Wildman–Crippen LogP) is 3.30. The largest absolute Gasteiger partial charge is 0.419 e. The van der Waals surface area contributed by atoms with Gasteiger partial charge in [0.2, 0.25) is 0 Å². The zero-order valence-corrected chi connectivity index (χ0v) is 10.1. The summed E-state index contributed by atoms with van der Waals surface area (Å²) in [6.45, 7) is 0.267. The van der Waals surface area contributed by atoms with Crippen molar-refractivity contribution in [1.29, 1.82) is 0 Å². The van der Waals surface area contributed by atoms with Gasteiger partial charge in [-0.2, -0.15) is 13.2 Å². The maximum absolute atomic E-state index is 13.2. The monoisotopic (exact) mass is 278 g/mol. The van der Waals surface area contributed by atoms with Crippen LogP contribution >= 0.6 is 0 Å². The molecule has 106 valence electrons. The summed E-state index contributed by atoms with van der Waals surface area (Å²) in [6.07, 6.45) is -3.90. The molecule has 0 spiro atoms. The summed E-state index contributed by atoms with van der Waals surface area (Å²) < 4.78 is 56.6. The molecule has 19 heavy (non-hydrogen) atoms. The number of halogens is 4. The quantitative estimate of drug-likeness (QED) is 0.841. The van der Waals surface area contributed by atoms with Gasteiger partial charge in [0.05, 0.1) is 11.7 Å². The Kier molecular flexibility index (Phi) is 4.10. The van der Waals surface area contributed by atoms with Gasteiger partial charge in [0, 0.05) is 19.1 Å². The van der Waals surface area contributed by atoms with Crippen molar-refractivity contribution in [2.75, 3.05) is 13.2 Å². The van der Waals surface area contributed by atoms with Crippen molar-refractivity contribution >= 4 is 0 Å². The molecule has 1 aliphatic heterocycles. The van der Waals surface area contributed by atoms with Gasteiger partial charge in [0.25, 0.3) is 0 Å². The fraction of sp³-hybridized carbons (Fsp3) is 0.538. The molecule has 2 rings (SSSR count). The molecule has 0 bridgehead atoms. The van der Waals surface area contributed by atoms with Crippen molar-refractivity contribution in [2.45, 2.75) is 25.1 Å². The van der Waals surface area contributed by atoms with Crippen LogP contribution in [-0.2, 0) is 10.9 Å². The molecular formula is C13H14F4O2. The average Bonchev–Trinajstić information content (AvgIpc) is 2.38. The van der Waals surface area contributed by atoms with Crippen LogP contribution in [0.1, 0.15) is 30.1 Å². The number of hydrogen-bond donors (Lipinski definition) is 1. The highest BCUT2D eigenvalue weighted by Crippen LogP contribution is 2.37. The van der Waals surface area contributed by atoms with Gasteiger partial charge in [0.15, 0.2) is 0 Å². The first-order valence-corrected chi connectivity index (χ1v) is 6.02.